The molecule has 0 aromatic carbocycles. The third-order valence-electron chi connectivity index (χ3n) is 5.53. The molecule has 114 valence electrons. The van der Waals surface area contributed by atoms with E-state index in [0.29, 0.717) is 23.5 Å². The predicted octanol–water partition coefficient (Wildman–Crippen LogP) is 4.00. The van der Waals surface area contributed by atoms with Crippen LogP contribution in [0.3, 0.4) is 0 Å². The first-order chi connectivity index (χ1) is 9.69. The first kappa shape index (κ1) is 15.8. The first-order valence-electron chi connectivity index (χ1n) is 8.46. The molecule has 0 heterocycles. The zero-order valence-electron chi connectivity index (χ0n) is 13.5. The van der Waals surface area contributed by atoms with Gasteiger partial charge in [0.15, 0.2) is 0 Å². The highest BCUT2D eigenvalue weighted by Crippen LogP contribution is 2.39. The number of nitrogens with one attached hydrogen (secondary N) is 2. The van der Waals surface area contributed by atoms with Gasteiger partial charge in [-0.3, -0.25) is 5.32 Å². The Hall–Kier alpha value is -0.600. The average Bonchev–Trinajstić information content (AvgIpc) is 2.75. The highest BCUT2D eigenvalue weighted by molar-refractivity contribution is 5.09. The van der Waals surface area contributed by atoms with Crippen LogP contribution in [-0.4, -0.2) is 19.3 Å². The summed E-state index contributed by atoms with van der Waals surface area (Å²) >= 11 is 0. The van der Waals surface area contributed by atoms with E-state index in [4.69, 9.17) is 0 Å². The number of rotatable bonds is 5. The SMILES string of the molecule is CC[C@@]1(C)CCCCC1NC(NC)C1C=CC=CCC1. The molecule has 2 N–H and O–H groups in total. The highest BCUT2D eigenvalue weighted by atomic mass is 15.1. The van der Waals surface area contributed by atoms with Gasteiger partial charge in [0.25, 0.3) is 0 Å². The summed E-state index contributed by atoms with van der Waals surface area (Å²) < 4.78 is 0. The van der Waals surface area contributed by atoms with Gasteiger partial charge in [0.2, 0.25) is 0 Å². The summed E-state index contributed by atoms with van der Waals surface area (Å²) in [4.78, 5) is 0. The van der Waals surface area contributed by atoms with Crippen LogP contribution in [0.25, 0.3) is 0 Å². The van der Waals surface area contributed by atoms with Crippen molar-refractivity contribution >= 4 is 0 Å². The fourth-order valence-electron chi connectivity index (χ4n) is 3.79. The largest absolute Gasteiger partial charge is 0.304 e. The van der Waals surface area contributed by atoms with E-state index in [1.807, 2.05) is 0 Å². The Bertz CT molecular complexity index is 347. The molecular weight excluding hydrogens is 244 g/mol. The number of hydrogen-bond acceptors (Lipinski definition) is 2. The summed E-state index contributed by atoms with van der Waals surface area (Å²) in [5.74, 6) is 0.595. The van der Waals surface area contributed by atoms with Gasteiger partial charge in [0.1, 0.15) is 0 Å². The zero-order valence-corrected chi connectivity index (χ0v) is 13.5. The van der Waals surface area contributed by atoms with Crippen molar-refractivity contribution in [1.82, 2.24) is 10.6 Å². The summed E-state index contributed by atoms with van der Waals surface area (Å²) in [5, 5.41) is 7.47. The number of hydrogen-bond donors (Lipinski definition) is 2. The average molecular weight is 276 g/mol. The highest BCUT2D eigenvalue weighted by Gasteiger charge is 2.36. The summed E-state index contributed by atoms with van der Waals surface area (Å²) in [6, 6.07) is 0.656. The van der Waals surface area contributed by atoms with Crippen molar-refractivity contribution < 1.29 is 0 Å². The van der Waals surface area contributed by atoms with Crippen LogP contribution in [-0.2, 0) is 0 Å². The topological polar surface area (TPSA) is 24.1 Å². The quantitative estimate of drug-likeness (QED) is 0.742. The molecule has 1 saturated carbocycles. The Balaban J connectivity index is 2.01. The second kappa shape index (κ2) is 7.42. The lowest BCUT2D eigenvalue weighted by Gasteiger charge is -2.44. The van der Waals surface area contributed by atoms with E-state index in [1.54, 1.807) is 0 Å². The normalized spacial score (nSPS) is 35.8. The van der Waals surface area contributed by atoms with Gasteiger partial charge in [-0.2, -0.15) is 0 Å². The Morgan fingerprint density at radius 2 is 2.10 bits per heavy atom. The van der Waals surface area contributed by atoms with Gasteiger partial charge in [-0.15, -0.1) is 0 Å². The summed E-state index contributed by atoms with van der Waals surface area (Å²) in [7, 11) is 2.09. The summed E-state index contributed by atoms with van der Waals surface area (Å²) in [6.45, 7) is 4.82. The second-order valence-corrected chi connectivity index (χ2v) is 6.79. The molecule has 2 aliphatic carbocycles. The van der Waals surface area contributed by atoms with E-state index >= 15 is 0 Å². The molecule has 4 atom stereocenters. The molecule has 0 aromatic rings. The zero-order chi connectivity index (χ0) is 14.4. The third kappa shape index (κ3) is 3.73. The van der Waals surface area contributed by atoms with Gasteiger partial charge in [-0.1, -0.05) is 51.0 Å². The smallest absolute Gasteiger partial charge is 0.0636 e. The standard InChI is InChI=1S/C18H32N2/c1-4-18(2)14-10-9-13-16(18)20-17(19-3)15-11-7-5-6-8-12-15/h5-7,11,15-17,19-20H,4,8-10,12-14H2,1-3H3/t15?,16?,17?,18-/m0/s1. The van der Waals surface area contributed by atoms with Gasteiger partial charge >= 0.3 is 0 Å². The molecule has 2 aliphatic rings. The minimum Gasteiger partial charge on any atom is -0.304 e. The Morgan fingerprint density at radius 3 is 2.85 bits per heavy atom. The maximum absolute atomic E-state index is 3.95. The van der Waals surface area contributed by atoms with Crippen LogP contribution < -0.4 is 10.6 Å². The molecule has 0 spiro atoms. The molecule has 0 radical (unpaired) electrons. The minimum absolute atomic E-state index is 0.403. The van der Waals surface area contributed by atoms with Crippen LogP contribution in [0.4, 0.5) is 0 Å². The van der Waals surface area contributed by atoms with Crippen molar-refractivity contribution in [3.63, 3.8) is 0 Å². The molecular formula is C18H32N2. The minimum atomic E-state index is 0.403. The van der Waals surface area contributed by atoms with E-state index in [0.717, 1.165) is 0 Å². The van der Waals surface area contributed by atoms with Crippen molar-refractivity contribution in [2.24, 2.45) is 11.3 Å². The second-order valence-electron chi connectivity index (χ2n) is 6.79. The van der Waals surface area contributed by atoms with Gasteiger partial charge < -0.3 is 5.32 Å². The van der Waals surface area contributed by atoms with Gasteiger partial charge in [0.05, 0.1) is 6.17 Å². The van der Waals surface area contributed by atoms with Crippen LogP contribution in [0.5, 0.6) is 0 Å². The van der Waals surface area contributed by atoms with E-state index in [1.165, 1.54) is 44.9 Å². The van der Waals surface area contributed by atoms with Crippen molar-refractivity contribution in [3.05, 3.63) is 24.3 Å². The van der Waals surface area contributed by atoms with Crippen molar-refractivity contribution in [2.45, 2.75) is 71.0 Å². The van der Waals surface area contributed by atoms with Crippen molar-refractivity contribution in [2.75, 3.05) is 7.05 Å². The van der Waals surface area contributed by atoms with Crippen LogP contribution in [0.15, 0.2) is 24.3 Å². The molecule has 2 heteroatoms. The summed E-state index contributed by atoms with van der Waals surface area (Å²) in [5.41, 5.74) is 0.472. The molecule has 1 fully saturated rings. The van der Waals surface area contributed by atoms with E-state index in [2.05, 4.69) is 55.8 Å². The lowest BCUT2D eigenvalue weighted by Crippen LogP contribution is -2.56. The van der Waals surface area contributed by atoms with Gasteiger partial charge in [-0.25, -0.2) is 0 Å². The van der Waals surface area contributed by atoms with Crippen LogP contribution in [0, 0.1) is 11.3 Å². The van der Waals surface area contributed by atoms with Crippen LogP contribution in [0.2, 0.25) is 0 Å². The Labute approximate surface area is 125 Å². The van der Waals surface area contributed by atoms with Gasteiger partial charge in [0, 0.05) is 12.0 Å². The Kier molecular flexibility index (Phi) is 5.86. The molecule has 0 amide bonds. The molecule has 0 aliphatic heterocycles. The lowest BCUT2D eigenvalue weighted by atomic mass is 9.70. The molecule has 2 rings (SSSR count). The molecule has 20 heavy (non-hydrogen) atoms. The maximum atomic E-state index is 3.95. The Morgan fingerprint density at radius 1 is 1.25 bits per heavy atom. The van der Waals surface area contributed by atoms with E-state index in [9.17, 15) is 0 Å². The number of allylic oxidation sites excluding steroid dienone is 3. The lowest BCUT2D eigenvalue weighted by molar-refractivity contribution is 0.116. The maximum Gasteiger partial charge on any atom is 0.0636 e. The van der Waals surface area contributed by atoms with Crippen LogP contribution in [0.1, 0.15) is 58.8 Å². The molecule has 3 unspecified atom stereocenters. The molecule has 0 saturated heterocycles. The third-order valence-corrected chi connectivity index (χ3v) is 5.53. The fraction of sp³-hybridized carbons (Fsp3) is 0.778. The molecule has 0 bridgehead atoms. The summed E-state index contributed by atoms with van der Waals surface area (Å²) in [6.07, 6.45) is 18.6. The van der Waals surface area contributed by atoms with E-state index < -0.39 is 0 Å². The molecule has 2 nitrogen and oxygen atoms in total. The fourth-order valence-corrected chi connectivity index (χ4v) is 3.79. The van der Waals surface area contributed by atoms with Crippen LogP contribution >= 0.6 is 0 Å². The van der Waals surface area contributed by atoms with E-state index in [-0.39, 0.29) is 0 Å². The first-order valence-corrected chi connectivity index (χ1v) is 8.46. The van der Waals surface area contributed by atoms with Crippen molar-refractivity contribution in [1.29, 1.82) is 0 Å². The molecule has 0 aromatic heterocycles. The van der Waals surface area contributed by atoms with Crippen molar-refractivity contribution in [3.8, 4) is 0 Å². The monoisotopic (exact) mass is 276 g/mol. The predicted molar refractivity (Wildman–Crippen MR) is 87.6 cm³/mol. The van der Waals surface area contributed by atoms with Gasteiger partial charge in [-0.05, 0) is 44.6 Å².